The summed E-state index contributed by atoms with van der Waals surface area (Å²) >= 11 is 5.41. The third kappa shape index (κ3) is 3.59. The molecule has 1 N–H and O–H groups in total. The highest BCUT2D eigenvalue weighted by Crippen LogP contribution is 2.19. The van der Waals surface area contributed by atoms with E-state index in [-0.39, 0.29) is 0 Å². The van der Waals surface area contributed by atoms with E-state index in [1.54, 1.807) is 0 Å². The molecule has 0 spiro atoms. The lowest BCUT2D eigenvalue weighted by Gasteiger charge is -2.36. The van der Waals surface area contributed by atoms with E-state index in [9.17, 15) is 0 Å². The number of rotatable bonds is 3. The van der Waals surface area contributed by atoms with Crippen LogP contribution in [0.4, 0.5) is 0 Å². The van der Waals surface area contributed by atoms with Gasteiger partial charge in [0.05, 0.1) is 0 Å². The first-order valence-electron chi connectivity index (χ1n) is 6.43. The van der Waals surface area contributed by atoms with E-state index in [0.717, 1.165) is 37.2 Å². The summed E-state index contributed by atoms with van der Waals surface area (Å²) in [5.41, 5.74) is 0. The molecule has 1 saturated heterocycles. The zero-order valence-electron chi connectivity index (χ0n) is 10.4. The molecule has 1 saturated carbocycles. The molecule has 92 valence electrons. The van der Waals surface area contributed by atoms with E-state index >= 15 is 0 Å². The molecule has 1 heterocycles. The number of hydrogen-bond donors (Lipinski definition) is 1. The van der Waals surface area contributed by atoms with Crippen LogP contribution in [0.15, 0.2) is 0 Å². The van der Waals surface area contributed by atoms with Gasteiger partial charge in [-0.25, -0.2) is 0 Å². The molecule has 2 aliphatic rings. The lowest BCUT2D eigenvalue weighted by atomic mass is 10.2. The normalized spacial score (nSPS) is 22.6. The van der Waals surface area contributed by atoms with Crippen LogP contribution in [0.1, 0.15) is 26.7 Å². The van der Waals surface area contributed by atoms with Crippen LogP contribution in [0.2, 0.25) is 0 Å². The Morgan fingerprint density at radius 3 is 2.38 bits per heavy atom. The molecule has 0 aromatic carbocycles. The first-order valence-corrected chi connectivity index (χ1v) is 6.84. The predicted molar refractivity (Wildman–Crippen MR) is 71.6 cm³/mol. The van der Waals surface area contributed by atoms with Gasteiger partial charge in [-0.2, -0.15) is 0 Å². The van der Waals surface area contributed by atoms with Gasteiger partial charge in [-0.05, 0) is 31.0 Å². The fourth-order valence-electron chi connectivity index (χ4n) is 2.14. The van der Waals surface area contributed by atoms with Crippen molar-refractivity contribution in [1.29, 1.82) is 0 Å². The van der Waals surface area contributed by atoms with Crippen molar-refractivity contribution in [2.24, 2.45) is 5.92 Å². The summed E-state index contributed by atoms with van der Waals surface area (Å²) in [7, 11) is 0. The van der Waals surface area contributed by atoms with Crippen LogP contribution in [0, 0.1) is 5.92 Å². The average Bonchev–Trinajstić information content (AvgIpc) is 3.01. The Morgan fingerprint density at radius 2 is 1.88 bits per heavy atom. The second-order valence-corrected chi connectivity index (χ2v) is 5.79. The average molecular weight is 241 g/mol. The topological polar surface area (TPSA) is 18.5 Å². The molecule has 1 aliphatic carbocycles. The van der Waals surface area contributed by atoms with Crippen LogP contribution in [0.5, 0.6) is 0 Å². The van der Waals surface area contributed by atoms with Crippen molar-refractivity contribution in [3.05, 3.63) is 0 Å². The van der Waals surface area contributed by atoms with Gasteiger partial charge < -0.3 is 10.2 Å². The van der Waals surface area contributed by atoms with Gasteiger partial charge in [0.25, 0.3) is 0 Å². The molecule has 4 heteroatoms. The highest BCUT2D eigenvalue weighted by molar-refractivity contribution is 7.80. The van der Waals surface area contributed by atoms with E-state index in [1.165, 1.54) is 19.4 Å². The highest BCUT2D eigenvalue weighted by atomic mass is 32.1. The molecule has 0 unspecified atom stereocenters. The van der Waals surface area contributed by atoms with E-state index in [0.29, 0.717) is 6.04 Å². The predicted octanol–water partition coefficient (Wildman–Crippen LogP) is 1.30. The second kappa shape index (κ2) is 5.32. The Balaban J connectivity index is 1.69. The number of nitrogens with one attached hydrogen (secondary N) is 1. The van der Waals surface area contributed by atoms with Crippen molar-refractivity contribution in [2.45, 2.75) is 32.7 Å². The molecule has 0 amide bonds. The largest absolute Gasteiger partial charge is 0.360 e. The van der Waals surface area contributed by atoms with Crippen molar-refractivity contribution in [1.82, 2.24) is 15.1 Å². The van der Waals surface area contributed by atoms with E-state index in [2.05, 4.69) is 29.0 Å². The lowest BCUT2D eigenvalue weighted by molar-refractivity contribution is 0.165. The third-order valence-electron chi connectivity index (χ3n) is 3.19. The summed E-state index contributed by atoms with van der Waals surface area (Å²) in [6, 6.07) is 0.682. The Hall–Kier alpha value is -0.350. The molecule has 0 aromatic heterocycles. The summed E-state index contributed by atoms with van der Waals surface area (Å²) in [6.07, 6.45) is 2.60. The minimum Gasteiger partial charge on any atom is -0.360 e. The summed E-state index contributed by atoms with van der Waals surface area (Å²) in [5.74, 6) is 0.767. The number of thiocarbonyl (C=S) groups is 1. The summed E-state index contributed by atoms with van der Waals surface area (Å²) in [6.45, 7) is 10.3. The molecular weight excluding hydrogens is 218 g/mol. The fourth-order valence-corrected chi connectivity index (χ4v) is 2.49. The third-order valence-corrected chi connectivity index (χ3v) is 3.56. The van der Waals surface area contributed by atoms with E-state index in [4.69, 9.17) is 12.2 Å². The monoisotopic (exact) mass is 241 g/mol. The van der Waals surface area contributed by atoms with Crippen LogP contribution < -0.4 is 5.32 Å². The summed E-state index contributed by atoms with van der Waals surface area (Å²) in [4.78, 5) is 4.87. The maximum Gasteiger partial charge on any atom is 0.169 e. The smallest absolute Gasteiger partial charge is 0.169 e. The number of hydrogen-bond acceptors (Lipinski definition) is 2. The van der Waals surface area contributed by atoms with Gasteiger partial charge in [-0.15, -0.1) is 0 Å². The standard InChI is InChI=1S/C12H23N3S/c1-10(2)9-14-5-7-15(8-6-14)12(16)13-11-3-4-11/h10-11H,3-9H2,1-2H3,(H,13,16). The fraction of sp³-hybridized carbons (Fsp3) is 0.917. The van der Waals surface area contributed by atoms with Gasteiger partial charge in [-0.3, -0.25) is 4.90 Å². The van der Waals surface area contributed by atoms with Crippen molar-refractivity contribution >= 4 is 17.3 Å². The molecule has 3 nitrogen and oxygen atoms in total. The zero-order valence-corrected chi connectivity index (χ0v) is 11.2. The van der Waals surface area contributed by atoms with Gasteiger partial charge >= 0.3 is 0 Å². The van der Waals surface area contributed by atoms with Crippen molar-refractivity contribution in [3.8, 4) is 0 Å². The van der Waals surface area contributed by atoms with Gasteiger partial charge in [0.15, 0.2) is 5.11 Å². The molecule has 0 radical (unpaired) electrons. The van der Waals surface area contributed by atoms with Gasteiger partial charge in [0, 0.05) is 38.8 Å². The molecule has 2 rings (SSSR count). The molecule has 0 atom stereocenters. The van der Waals surface area contributed by atoms with Gasteiger partial charge in [-0.1, -0.05) is 13.8 Å². The van der Waals surface area contributed by atoms with Crippen LogP contribution in [-0.2, 0) is 0 Å². The maximum absolute atomic E-state index is 5.41. The lowest BCUT2D eigenvalue weighted by Crippen LogP contribution is -2.52. The van der Waals surface area contributed by atoms with Gasteiger partial charge in [0.2, 0.25) is 0 Å². The molecule has 2 fully saturated rings. The van der Waals surface area contributed by atoms with Crippen LogP contribution in [0.3, 0.4) is 0 Å². The van der Waals surface area contributed by atoms with Crippen LogP contribution in [-0.4, -0.2) is 53.7 Å². The molecule has 1 aliphatic heterocycles. The van der Waals surface area contributed by atoms with Crippen molar-refractivity contribution in [2.75, 3.05) is 32.7 Å². The maximum atomic E-state index is 5.41. The second-order valence-electron chi connectivity index (χ2n) is 5.41. The quantitative estimate of drug-likeness (QED) is 0.750. The molecule has 0 aromatic rings. The summed E-state index contributed by atoms with van der Waals surface area (Å²) < 4.78 is 0. The first kappa shape index (κ1) is 12.1. The Bertz CT molecular complexity index is 243. The minimum atomic E-state index is 0.682. The van der Waals surface area contributed by atoms with Crippen molar-refractivity contribution in [3.63, 3.8) is 0 Å². The Morgan fingerprint density at radius 1 is 1.25 bits per heavy atom. The number of nitrogens with zero attached hydrogens (tertiary/aromatic N) is 2. The van der Waals surface area contributed by atoms with E-state index < -0.39 is 0 Å². The van der Waals surface area contributed by atoms with Crippen LogP contribution >= 0.6 is 12.2 Å². The Labute approximate surface area is 104 Å². The minimum absolute atomic E-state index is 0.682. The van der Waals surface area contributed by atoms with Gasteiger partial charge in [0.1, 0.15) is 0 Å². The van der Waals surface area contributed by atoms with Crippen molar-refractivity contribution < 1.29 is 0 Å². The van der Waals surface area contributed by atoms with Crippen LogP contribution in [0.25, 0.3) is 0 Å². The number of piperazine rings is 1. The summed E-state index contributed by atoms with van der Waals surface area (Å²) in [5, 5.41) is 4.40. The molecule has 0 bridgehead atoms. The SMILES string of the molecule is CC(C)CN1CCN(C(=S)NC2CC2)CC1. The highest BCUT2D eigenvalue weighted by Gasteiger charge is 2.25. The molecule has 16 heavy (non-hydrogen) atoms. The zero-order chi connectivity index (χ0) is 11.5. The first-order chi connectivity index (χ1) is 7.65. The molecular formula is C12H23N3S. The van der Waals surface area contributed by atoms with E-state index in [1.807, 2.05) is 0 Å². The Kier molecular flexibility index (Phi) is 4.03.